The number of carbonyl (C=O) groups is 1. The maximum Gasteiger partial charge on any atom is 0.387 e. The van der Waals surface area contributed by atoms with Gasteiger partial charge in [0.15, 0.2) is 0 Å². The highest BCUT2D eigenvalue weighted by Crippen LogP contribution is 2.24. The monoisotopic (exact) mass is 273 g/mol. The summed E-state index contributed by atoms with van der Waals surface area (Å²) in [6.45, 7) is -2.55. The van der Waals surface area contributed by atoms with Crippen LogP contribution < -0.4 is 10.1 Å². The first-order valence-electron chi connectivity index (χ1n) is 5.69. The van der Waals surface area contributed by atoms with Crippen molar-refractivity contribution in [2.75, 3.05) is 13.2 Å². The molecule has 2 unspecified atom stereocenters. The van der Waals surface area contributed by atoms with Gasteiger partial charge in [-0.15, -0.1) is 0 Å². The third-order valence-corrected chi connectivity index (χ3v) is 2.77. The second-order valence-electron chi connectivity index (χ2n) is 4.07. The fraction of sp³-hybridized carbons (Fsp3) is 0.417. The number of hydrogen-bond donors (Lipinski definition) is 2. The second kappa shape index (κ2) is 5.94. The Morgan fingerprint density at radius 3 is 2.89 bits per heavy atom. The van der Waals surface area contributed by atoms with Gasteiger partial charge in [-0.2, -0.15) is 8.78 Å². The van der Waals surface area contributed by atoms with Crippen molar-refractivity contribution in [3.05, 3.63) is 29.8 Å². The van der Waals surface area contributed by atoms with E-state index in [2.05, 4.69) is 10.1 Å². The largest absolute Gasteiger partial charge is 0.480 e. The van der Waals surface area contributed by atoms with E-state index in [0.29, 0.717) is 12.1 Å². The van der Waals surface area contributed by atoms with Crippen molar-refractivity contribution in [2.24, 2.45) is 0 Å². The lowest BCUT2D eigenvalue weighted by Gasteiger charge is -2.28. The molecule has 0 aliphatic carbocycles. The highest BCUT2D eigenvalue weighted by molar-refractivity contribution is 5.73. The van der Waals surface area contributed by atoms with Crippen molar-refractivity contribution >= 4 is 5.97 Å². The molecule has 19 heavy (non-hydrogen) atoms. The molecule has 0 spiro atoms. The average Bonchev–Trinajstić information content (AvgIpc) is 2.38. The number of halogens is 2. The first-order chi connectivity index (χ1) is 9.06. The smallest absolute Gasteiger partial charge is 0.387 e. The molecule has 2 N–H and O–H groups in total. The number of rotatable bonds is 4. The van der Waals surface area contributed by atoms with E-state index in [4.69, 9.17) is 9.84 Å². The molecule has 1 aliphatic heterocycles. The predicted molar refractivity (Wildman–Crippen MR) is 61.2 cm³/mol. The summed E-state index contributed by atoms with van der Waals surface area (Å²) in [5, 5.41) is 11.6. The van der Waals surface area contributed by atoms with Crippen LogP contribution in [0.15, 0.2) is 24.3 Å². The number of carboxylic acid groups (broad SMARTS) is 1. The first kappa shape index (κ1) is 13.7. The zero-order valence-electron chi connectivity index (χ0n) is 9.88. The molecule has 0 bridgehead atoms. The maximum atomic E-state index is 12.1. The van der Waals surface area contributed by atoms with Gasteiger partial charge in [-0.3, -0.25) is 10.1 Å². The van der Waals surface area contributed by atoms with E-state index in [-0.39, 0.29) is 18.5 Å². The maximum absolute atomic E-state index is 12.1. The minimum absolute atomic E-state index is 0.0277. The Balaban J connectivity index is 2.01. The van der Waals surface area contributed by atoms with E-state index in [9.17, 15) is 13.6 Å². The summed E-state index contributed by atoms with van der Waals surface area (Å²) in [6.07, 6.45) is -0.378. The summed E-state index contributed by atoms with van der Waals surface area (Å²) in [4.78, 5) is 10.7. The minimum Gasteiger partial charge on any atom is -0.480 e. The zero-order chi connectivity index (χ0) is 13.8. The molecule has 1 aromatic carbocycles. The fourth-order valence-electron chi connectivity index (χ4n) is 1.84. The van der Waals surface area contributed by atoms with Gasteiger partial charge in [0, 0.05) is 6.54 Å². The quantitative estimate of drug-likeness (QED) is 0.868. The van der Waals surface area contributed by atoms with Gasteiger partial charge in [0.05, 0.1) is 12.7 Å². The molecule has 5 nitrogen and oxygen atoms in total. The van der Waals surface area contributed by atoms with Gasteiger partial charge in [-0.25, -0.2) is 0 Å². The van der Waals surface area contributed by atoms with Crippen molar-refractivity contribution in [2.45, 2.75) is 18.8 Å². The Morgan fingerprint density at radius 1 is 1.53 bits per heavy atom. The van der Waals surface area contributed by atoms with Gasteiger partial charge in [-0.05, 0) is 17.7 Å². The number of alkyl halides is 2. The molecule has 1 fully saturated rings. The number of ether oxygens (including phenoxy) is 2. The van der Waals surface area contributed by atoms with Crippen LogP contribution in [0.3, 0.4) is 0 Å². The number of carboxylic acids is 1. The minimum atomic E-state index is -2.88. The molecule has 2 rings (SSSR count). The van der Waals surface area contributed by atoms with E-state index < -0.39 is 18.6 Å². The van der Waals surface area contributed by atoms with Crippen LogP contribution in [0, 0.1) is 0 Å². The molecule has 0 saturated carbocycles. The SMILES string of the molecule is O=C(O)C1COC(c2cccc(OC(F)F)c2)CN1. The van der Waals surface area contributed by atoms with Gasteiger partial charge >= 0.3 is 12.6 Å². The van der Waals surface area contributed by atoms with Crippen LogP contribution in [0.2, 0.25) is 0 Å². The molecule has 1 aromatic rings. The normalized spacial score (nSPS) is 23.3. The number of morpholine rings is 1. The third-order valence-electron chi connectivity index (χ3n) is 2.77. The summed E-state index contributed by atoms with van der Waals surface area (Å²) < 4.78 is 33.9. The fourth-order valence-corrected chi connectivity index (χ4v) is 1.84. The van der Waals surface area contributed by atoms with Crippen LogP contribution in [0.4, 0.5) is 8.78 Å². The Hall–Kier alpha value is -1.73. The Labute approximate surface area is 108 Å². The van der Waals surface area contributed by atoms with Gasteiger partial charge in [-0.1, -0.05) is 12.1 Å². The highest BCUT2D eigenvalue weighted by atomic mass is 19.3. The molecule has 0 aromatic heterocycles. The van der Waals surface area contributed by atoms with Gasteiger partial charge < -0.3 is 14.6 Å². The molecular weight excluding hydrogens is 260 g/mol. The Bertz CT molecular complexity index is 447. The summed E-state index contributed by atoms with van der Waals surface area (Å²) in [5.74, 6) is -0.926. The summed E-state index contributed by atoms with van der Waals surface area (Å²) >= 11 is 0. The third kappa shape index (κ3) is 3.62. The van der Waals surface area contributed by atoms with E-state index in [1.54, 1.807) is 12.1 Å². The lowest BCUT2D eigenvalue weighted by Crippen LogP contribution is -2.47. The van der Waals surface area contributed by atoms with Gasteiger partial charge in [0.1, 0.15) is 11.8 Å². The Morgan fingerprint density at radius 2 is 2.32 bits per heavy atom. The van der Waals surface area contributed by atoms with Crippen molar-refractivity contribution < 1.29 is 28.2 Å². The first-order valence-corrected chi connectivity index (χ1v) is 5.69. The summed E-state index contributed by atoms with van der Waals surface area (Å²) in [6, 6.07) is 5.44. The molecule has 1 heterocycles. The Kier molecular flexibility index (Phi) is 4.28. The number of hydrogen-bond acceptors (Lipinski definition) is 4. The molecule has 7 heteroatoms. The molecule has 0 amide bonds. The van der Waals surface area contributed by atoms with Crippen LogP contribution in [0.5, 0.6) is 5.75 Å². The average molecular weight is 273 g/mol. The van der Waals surface area contributed by atoms with E-state index >= 15 is 0 Å². The molecule has 0 radical (unpaired) electrons. The van der Waals surface area contributed by atoms with E-state index in [1.165, 1.54) is 12.1 Å². The van der Waals surface area contributed by atoms with Crippen LogP contribution in [-0.2, 0) is 9.53 Å². The van der Waals surface area contributed by atoms with Crippen LogP contribution in [0.25, 0.3) is 0 Å². The lowest BCUT2D eigenvalue weighted by atomic mass is 10.1. The van der Waals surface area contributed by atoms with Crippen molar-refractivity contribution in [1.29, 1.82) is 0 Å². The van der Waals surface area contributed by atoms with Crippen molar-refractivity contribution in [1.82, 2.24) is 5.32 Å². The van der Waals surface area contributed by atoms with Crippen LogP contribution >= 0.6 is 0 Å². The van der Waals surface area contributed by atoms with Gasteiger partial charge in [0.25, 0.3) is 0 Å². The second-order valence-corrected chi connectivity index (χ2v) is 4.07. The molecule has 2 atom stereocenters. The predicted octanol–water partition coefficient (Wildman–Crippen LogP) is 1.40. The molecule has 104 valence electrons. The van der Waals surface area contributed by atoms with E-state index in [0.717, 1.165) is 0 Å². The number of aliphatic carboxylic acids is 1. The van der Waals surface area contributed by atoms with Crippen molar-refractivity contribution in [3.8, 4) is 5.75 Å². The van der Waals surface area contributed by atoms with Gasteiger partial charge in [0.2, 0.25) is 0 Å². The highest BCUT2D eigenvalue weighted by Gasteiger charge is 2.26. The number of nitrogens with one attached hydrogen (secondary N) is 1. The lowest BCUT2D eigenvalue weighted by molar-refractivity contribution is -0.144. The topological polar surface area (TPSA) is 67.8 Å². The molecule has 1 aliphatic rings. The summed E-state index contributed by atoms with van der Waals surface area (Å²) in [5.41, 5.74) is 0.662. The van der Waals surface area contributed by atoms with Crippen LogP contribution in [-0.4, -0.2) is 36.9 Å². The molecular formula is C12H13F2NO4. The van der Waals surface area contributed by atoms with Crippen LogP contribution in [0.1, 0.15) is 11.7 Å². The standard InChI is InChI=1S/C12H13F2NO4/c13-12(14)19-8-3-1-2-7(4-8)10-5-15-9(6-18-10)11(16)17/h1-4,9-10,12,15H,5-6H2,(H,16,17). The zero-order valence-corrected chi connectivity index (χ0v) is 9.88. The number of benzene rings is 1. The molecule has 1 saturated heterocycles. The van der Waals surface area contributed by atoms with E-state index in [1.807, 2.05) is 0 Å². The van der Waals surface area contributed by atoms with Crippen molar-refractivity contribution in [3.63, 3.8) is 0 Å². The summed E-state index contributed by atoms with van der Waals surface area (Å²) in [7, 11) is 0.